The third kappa shape index (κ3) is 8.87. The molecule has 3 aromatic heterocycles. The zero-order chi connectivity index (χ0) is 25.9. The number of H-pyrrole nitrogens is 2. The molecule has 0 aromatic carbocycles. The second-order valence-electron chi connectivity index (χ2n) is 9.38. The van der Waals surface area contributed by atoms with Crippen molar-refractivity contribution < 1.29 is 9.59 Å². The van der Waals surface area contributed by atoms with Gasteiger partial charge in [-0.2, -0.15) is 0 Å². The molecule has 3 rings (SSSR count). The highest BCUT2D eigenvalue weighted by Gasteiger charge is 2.19. The van der Waals surface area contributed by atoms with E-state index in [0.29, 0.717) is 48.4 Å². The standard InChI is InChI=1S/C25H38N8O2S/c1-18(2)33(19(3)4)12-6-5-7-30-23(34)14-24-31-15-20(36-24)13-25(35)32(16-21-26-8-9-27-21)17-22-28-10-11-29-22/h8-11,15,18-19H,5-7,12-14,16-17H2,1-4H3,(H,26,27)(H,28,29)(H,30,34). The lowest BCUT2D eigenvalue weighted by atomic mass is 10.2. The van der Waals surface area contributed by atoms with E-state index in [2.05, 4.69) is 62.8 Å². The molecule has 0 atom stereocenters. The number of thiazole rings is 1. The molecule has 2 amide bonds. The number of unbranched alkanes of at least 4 members (excludes halogenated alkanes) is 1. The van der Waals surface area contributed by atoms with Gasteiger partial charge in [-0.05, 0) is 47.1 Å². The number of aromatic amines is 2. The summed E-state index contributed by atoms with van der Waals surface area (Å²) in [6.07, 6.45) is 10.9. The quantitative estimate of drug-likeness (QED) is 0.268. The number of rotatable bonds is 15. The first-order valence-corrected chi connectivity index (χ1v) is 13.3. The van der Waals surface area contributed by atoms with Gasteiger partial charge in [0.25, 0.3) is 0 Å². The average Bonchev–Trinajstić information content (AvgIpc) is 3.59. The number of aromatic nitrogens is 5. The molecule has 196 valence electrons. The fraction of sp³-hybridized carbons (Fsp3) is 0.560. The van der Waals surface area contributed by atoms with E-state index in [9.17, 15) is 9.59 Å². The minimum atomic E-state index is -0.0562. The van der Waals surface area contributed by atoms with Crippen LogP contribution in [0.5, 0.6) is 0 Å². The number of nitrogens with zero attached hydrogens (tertiary/aromatic N) is 5. The maximum absolute atomic E-state index is 13.1. The van der Waals surface area contributed by atoms with Crippen molar-refractivity contribution in [1.82, 2.24) is 40.0 Å². The summed E-state index contributed by atoms with van der Waals surface area (Å²) >= 11 is 1.40. The minimum absolute atomic E-state index is 0.0379. The first-order chi connectivity index (χ1) is 17.3. The van der Waals surface area contributed by atoms with E-state index in [4.69, 9.17) is 0 Å². The Kier molecular flexibility index (Phi) is 10.6. The molecule has 0 unspecified atom stereocenters. The second kappa shape index (κ2) is 13.9. The Bertz CT molecular complexity index is 1000. The normalized spacial score (nSPS) is 11.5. The molecular weight excluding hydrogens is 476 g/mol. The molecule has 0 saturated heterocycles. The molecule has 3 N–H and O–H groups in total. The van der Waals surface area contributed by atoms with E-state index in [1.54, 1.807) is 35.9 Å². The first kappa shape index (κ1) is 27.5. The number of hydrogen-bond donors (Lipinski definition) is 3. The van der Waals surface area contributed by atoms with Crippen LogP contribution in [0, 0.1) is 0 Å². The van der Waals surface area contributed by atoms with Gasteiger partial charge in [0.05, 0.1) is 25.9 Å². The minimum Gasteiger partial charge on any atom is -0.356 e. The predicted octanol–water partition coefficient (Wildman–Crippen LogP) is 2.92. The Balaban J connectivity index is 1.44. The molecule has 0 saturated carbocycles. The Morgan fingerprint density at radius 1 is 0.944 bits per heavy atom. The van der Waals surface area contributed by atoms with Crippen LogP contribution in [-0.2, 0) is 35.5 Å². The summed E-state index contributed by atoms with van der Waals surface area (Å²) in [5.74, 6) is 1.32. The van der Waals surface area contributed by atoms with Gasteiger partial charge in [-0.25, -0.2) is 15.0 Å². The van der Waals surface area contributed by atoms with Crippen molar-refractivity contribution >= 4 is 23.2 Å². The van der Waals surface area contributed by atoms with Crippen molar-refractivity contribution in [3.05, 3.63) is 52.5 Å². The van der Waals surface area contributed by atoms with Crippen LogP contribution < -0.4 is 5.32 Å². The molecule has 0 fully saturated rings. The summed E-state index contributed by atoms with van der Waals surface area (Å²) in [5, 5.41) is 3.71. The van der Waals surface area contributed by atoms with E-state index in [1.165, 1.54) is 11.3 Å². The van der Waals surface area contributed by atoms with E-state index in [0.717, 1.165) is 24.3 Å². The van der Waals surface area contributed by atoms with Crippen LogP contribution in [0.25, 0.3) is 0 Å². The van der Waals surface area contributed by atoms with Gasteiger partial charge in [0, 0.05) is 54.5 Å². The van der Waals surface area contributed by atoms with Crippen molar-refractivity contribution in [3.8, 4) is 0 Å². The van der Waals surface area contributed by atoms with Gasteiger partial charge in [0.15, 0.2) is 0 Å². The van der Waals surface area contributed by atoms with Gasteiger partial charge in [-0.3, -0.25) is 14.5 Å². The maximum Gasteiger partial charge on any atom is 0.228 e. The van der Waals surface area contributed by atoms with Crippen molar-refractivity contribution in [3.63, 3.8) is 0 Å². The highest BCUT2D eigenvalue weighted by atomic mass is 32.1. The van der Waals surface area contributed by atoms with E-state index >= 15 is 0 Å². The Labute approximate surface area is 216 Å². The number of carbonyl (C=O) groups excluding carboxylic acids is 2. The molecule has 11 heteroatoms. The number of amides is 2. The highest BCUT2D eigenvalue weighted by molar-refractivity contribution is 7.11. The van der Waals surface area contributed by atoms with Crippen LogP contribution >= 0.6 is 11.3 Å². The van der Waals surface area contributed by atoms with Gasteiger partial charge in [0.2, 0.25) is 11.8 Å². The molecule has 3 heterocycles. The lowest BCUT2D eigenvalue weighted by Crippen LogP contribution is -2.38. The van der Waals surface area contributed by atoms with Crippen LogP contribution in [0.15, 0.2) is 31.0 Å². The zero-order valence-corrected chi connectivity index (χ0v) is 22.5. The van der Waals surface area contributed by atoms with Crippen LogP contribution in [0.2, 0.25) is 0 Å². The van der Waals surface area contributed by atoms with E-state index in [1.807, 2.05) is 0 Å². The number of nitrogens with one attached hydrogen (secondary N) is 3. The largest absolute Gasteiger partial charge is 0.356 e. The van der Waals surface area contributed by atoms with Gasteiger partial charge in [-0.15, -0.1) is 11.3 Å². The molecule has 0 radical (unpaired) electrons. The lowest BCUT2D eigenvalue weighted by molar-refractivity contribution is -0.132. The average molecular weight is 515 g/mol. The van der Waals surface area contributed by atoms with E-state index in [-0.39, 0.29) is 24.7 Å². The van der Waals surface area contributed by atoms with Crippen LogP contribution in [0.3, 0.4) is 0 Å². The molecule has 0 bridgehead atoms. The lowest BCUT2D eigenvalue weighted by Gasteiger charge is -2.30. The Hall–Kier alpha value is -3.05. The number of hydrogen-bond acceptors (Lipinski definition) is 7. The summed E-state index contributed by atoms with van der Waals surface area (Å²) in [6.45, 7) is 11.3. The summed E-state index contributed by atoms with van der Waals surface area (Å²) in [5.41, 5.74) is 0. The Morgan fingerprint density at radius 2 is 1.58 bits per heavy atom. The van der Waals surface area contributed by atoms with Gasteiger partial charge >= 0.3 is 0 Å². The molecule has 3 aromatic rings. The first-order valence-electron chi connectivity index (χ1n) is 12.5. The van der Waals surface area contributed by atoms with Crippen LogP contribution in [-0.4, -0.2) is 71.7 Å². The summed E-state index contributed by atoms with van der Waals surface area (Å²) in [6, 6.07) is 1.04. The fourth-order valence-corrected chi connectivity index (χ4v) is 5.01. The molecule has 10 nitrogen and oxygen atoms in total. The third-order valence-corrected chi connectivity index (χ3v) is 6.87. The van der Waals surface area contributed by atoms with Gasteiger partial charge in [-0.1, -0.05) is 0 Å². The predicted molar refractivity (Wildman–Crippen MR) is 140 cm³/mol. The van der Waals surface area contributed by atoms with Crippen molar-refractivity contribution in [1.29, 1.82) is 0 Å². The zero-order valence-electron chi connectivity index (χ0n) is 21.7. The molecular formula is C25H38N8O2S. The second-order valence-corrected chi connectivity index (χ2v) is 10.6. The maximum atomic E-state index is 13.1. The van der Waals surface area contributed by atoms with Crippen LogP contribution in [0.4, 0.5) is 0 Å². The molecule has 36 heavy (non-hydrogen) atoms. The van der Waals surface area contributed by atoms with Crippen molar-refractivity contribution in [2.24, 2.45) is 0 Å². The topological polar surface area (TPSA) is 123 Å². The van der Waals surface area contributed by atoms with Gasteiger partial charge < -0.3 is 20.2 Å². The summed E-state index contributed by atoms with van der Waals surface area (Å²) < 4.78 is 0. The smallest absolute Gasteiger partial charge is 0.228 e. The van der Waals surface area contributed by atoms with Crippen molar-refractivity contribution in [2.75, 3.05) is 13.1 Å². The monoisotopic (exact) mass is 514 g/mol. The van der Waals surface area contributed by atoms with Gasteiger partial charge in [0.1, 0.15) is 16.7 Å². The summed E-state index contributed by atoms with van der Waals surface area (Å²) in [4.78, 5) is 49.3. The highest BCUT2D eigenvalue weighted by Crippen LogP contribution is 2.17. The van der Waals surface area contributed by atoms with Crippen LogP contribution in [0.1, 0.15) is 62.1 Å². The molecule has 0 aliphatic heterocycles. The SMILES string of the molecule is CC(C)N(CCCCNC(=O)Cc1ncc(CC(=O)N(Cc2ncc[nH]2)Cc2ncc[nH]2)s1)C(C)C. The van der Waals surface area contributed by atoms with Crippen molar-refractivity contribution in [2.45, 2.75) is 78.6 Å². The fourth-order valence-electron chi connectivity index (χ4n) is 4.09. The van der Waals surface area contributed by atoms with E-state index < -0.39 is 0 Å². The third-order valence-electron chi connectivity index (χ3n) is 5.87. The molecule has 0 aliphatic carbocycles. The summed E-state index contributed by atoms with van der Waals surface area (Å²) in [7, 11) is 0. The Morgan fingerprint density at radius 3 is 2.14 bits per heavy atom. The molecule has 0 spiro atoms. The number of carbonyl (C=O) groups is 2. The number of imidazole rings is 2. The molecule has 0 aliphatic rings.